The number of carbonyl (C=O) groups is 3. The van der Waals surface area contributed by atoms with E-state index in [-0.39, 0.29) is 12.8 Å². The first kappa shape index (κ1) is 12.7. The zero-order valence-corrected chi connectivity index (χ0v) is 9.85. The lowest BCUT2D eigenvalue weighted by atomic mass is 10.1. The van der Waals surface area contributed by atoms with Crippen molar-refractivity contribution in [1.82, 2.24) is 5.06 Å². The molecule has 1 aliphatic heterocycles. The molecule has 1 saturated heterocycles. The van der Waals surface area contributed by atoms with Gasteiger partial charge >= 0.3 is 12.0 Å². The van der Waals surface area contributed by atoms with Crippen molar-refractivity contribution in [2.75, 3.05) is 0 Å². The van der Waals surface area contributed by atoms with Gasteiger partial charge in [0.05, 0.1) is 5.56 Å². The largest absolute Gasteiger partial charge is 0.435 e. The van der Waals surface area contributed by atoms with E-state index in [1.54, 1.807) is 30.3 Å². The van der Waals surface area contributed by atoms with E-state index in [4.69, 9.17) is 5.39 Å². The zero-order chi connectivity index (χ0) is 13.8. The Balaban J connectivity index is 2.13. The molecule has 0 radical (unpaired) electrons. The third-order valence-electron chi connectivity index (χ3n) is 2.64. The van der Waals surface area contributed by atoms with Crippen LogP contribution in [0.3, 0.4) is 0 Å². The van der Waals surface area contributed by atoms with E-state index >= 15 is 0 Å². The molecule has 1 aliphatic rings. The summed E-state index contributed by atoms with van der Waals surface area (Å²) in [5, 5.41) is 9.31. The lowest BCUT2D eigenvalue weighted by molar-refractivity contribution is -0.197. The highest BCUT2D eigenvalue weighted by Crippen LogP contribution is 2.21. The van der Waals surface area contributed by atoms with Crippen LogP contribution in [0, 0.1) is 5.39 Å². The Hall–Kier alpha value is -2.75. The summed E-state index contributed by atoms with van der Waals surface area (Å²) in [6, 6.07) is 6.90. The van der Waals surface area contributed by atoms with Crippen molar-refractivity contribution in [3.05, 3.63) is 40.9 Å². The van der Waals surface area contributed by atoms with Crippen LogP contribution >= 0.6 is 0 Å². The maximum atomic E-state index is 11.8. The van der Waals surface area contributed by atoms with E-state index in [9.17, 15) is 14.4 Å². The number of hydroxylamine groups is 2. The second-order valence-electron chi connectivity index (χ2n) is 3.92. The zero-order valence-electron chi connectivity index (χ0n) is 9.85. The van der Waals surface area contributed by atoms with Crippen LogP contribution in [-0.4, -0.2) is 22.8 Å². The van der Waals surface area contributed by atoms with Crippen molar-refractivity contribution in [2.24, 2.45) is 0 Å². The normalized spacial score (nSPS) is 16.1. The first-order valence-electron chi connectivity index (χ1n) is 5.60. The number of diazo groups is 1. The second-order valence-corrected chi connectivity index (χ2v) is 3.92. The van der Waals surface area contributed by atoms with Crippen LogP contribution in [0.5, 0.6) is 0 Å². The first-order valence-corrected chi connectivity index (χ1v) is 5.60. The average molecular weight is 260 g/mol. The van der Waals surface area contributed by atoms with Crippen LogP contribution in [0.4, 0.5) is 0 Å². The fourth-order valence-electron chi connectivity index (χ4n) is 1.68. The maximum Gasteiger partial charge on any atom is 0.435 e. The Labute approximate surface area is 108 Å². The lowest BCUT2D eigenvalue weighted by Crippen LogP contribution is -2.33. The van der Waals surface area contributed by atoms with Crippen molar-refractivity contribution in [3.63, 3.8) is 0 Å². The smallest absolute Gasteiger partial charge is 0.322 e. The molecule has 7 heteroatoms. The molecule has 0 aromatic heterocycles. The van der Waals surface area contributed by atoms with Crippen molar-refractivity contribution >= 4 is 17.8 Å². The molecule has 1 heterocycles. The number of amides is 2. The summed E-state index contributed by atoms with van der Waals surface area (Å²) in [6.45, 7) is 0. The van der Waals surface area contributed by atoms with E-state index < -0.39 is 23.8 Å². The predicted octanol–water partition coefficient (Wildman–Crippen LogP) is 1.19. The number of carbonyl (C=O) groups excluding carboxylic acids is 3. The van der Waals surface area contributed by atoms with Gasteiger partial charge in [-0.3, -0.25) is 9.59 Å². The van der Waals surface area contributed by atoms with Crippen LogP contribution in [0.1, 0.15) is 24.4 Å². The average Bonchev–Trinajstić information content (AvgIpc) is 2.73. The summed E-state index contributed by atoms with van der Waals surface area (Å²) in [5.41, 5.74) is 0.397. The monoisotopic (exact) mass is 260 g/mol. The molecule has 2 rings (SSSR count). The first-order chi connectivity index (χ1) is 9.13. The molecule has 0 spiro atoms. The Morgan fingerprint density at radius 1 is 1.21 bits per heavy atom. The van der Waals surface area contributed by atoms with Gasteiger partial charge in [0.1, 0.15) is 4.98 Å². The molecule has 0 N–H and O–H groups in total. The molecule has 1 fully saturated rings. The SMILES string of the molecule is N#[N+]C(C(=O)ON1C(=O)CCC1=O)c1ccccc1. The van der Waals surface area contributed by atoms with Crippen LogP contribution in [0.25, 0.3) is 4.98 Å². The van der Waals surface area contributed by atoms with Crippen molar-refractivity contribution in [2.45, 2.75) is 18.9 Å². The molecule has 1 aromatic rings. The molecule has 1 atom stereocenters. The topological polar surface area (TPSA) is 91.8 Å². The number of imide groups is 1. The molecule has 0 bridgehead atoms. The summed E-state index contributed by atoms with van der Waals surface area (Å²) in [5.74, 6) is -2.15. The number of hydrogen-bond acceptors (Lipinski definition) is 5. The summed E-state index contributed by atoms with van der Waals surface area (Å²) < 4.78 is 0. The van der Waals surface area contributed by atoms with Crippen molar-refractivity contribution in [1.29, 1.82) is 5.39 Å². The summed E-state index contributed by atoms with van der Waals surface area (Å²) in [4.78, 5) is 42.0. The number of rotatable bonds is 3. The van der Waals surface area contributed by atoms with Crippen LogP contribution in [0.15, 0.2) is 30.3 Å². The summed E-state index contributed by atoms with van der Waals surface area (Å²) in [6.07, 6.45) is 0.0246. The second kappa shape index (κ2) is 5.27. The van der Waals surface area contributed by atoms with Crippen molar-refractivity contribution < 1.29 is 19.2 Å². The van der Waals surface area contributed by atoms with Gasteiger partial charge < -0.3 is 4.84 Å². The van der Waals surface area contributed by atoms with Crippen LogP contribution in [-0.2, 0) is 19.2 Å². The molecular formula is C12H10N3O4+. The standard InChI is InChI=1S/C12H10N3O4/c13-14-11(8-4-2-1-3-5-8)12(18)19-15-9(16)6-7-10(15)17/h1-5,11H,6-7H2/q+1. The van der Waals surface area contributed by atoms with E-state index in [0.717, 1.165) is 0 Å². The van der Waals surface area contributed by atoms with Gasteiger partial charge in [0.25, 0.3) is 11.8 Å². The molecule has 0 aliphatic carbocycles. The summed E-state index contributed by atoms with van der Waals surface area (Å²) >= 11 is 0. The quantitative estimate of drug-likeness (QED) is 0.601. The van der Waals surface area contributed by atoms with E-state index in [1.807, 2.05) is 0 Å². The molecule has 0 saturated carbocycles. The Kier molecular flexibility index (Phi) is 3.52. The van der Waals surface area contributed by atoms with Crippen LogP contribution in [0.2, 0.25) is 0 Å². The number of nitrogens with zero attached hydrogens (tertiary/aromatic N) is 3. The molecule has 19 heavy (non-hydrogen) atoms. The van der Waals surface area contributed by atoms with Crippen molar-refractivity contribution in [3.8, 4) is 0 Å². The van der Waals surface area contributed by atoms with Gasteiger partial charge in [0.2, 0.25) is 5.39 Å². The fourth-order valence-corrected chi connectivity index (χ4v) is 1.68. The van der Waals surface area contributed by atoms with E-state index in [1.165, 1.54) is 0 Å². The molecule has 1 unspecified atom stereocenters. The van der Waals surface area contributed by atoms with Gasteiger partial charge in [-0.25, -0.2) is 4.79 Å². The molecule has 7 nitrogen and oxygen atoms in total. The molecular weight excluding hydrogens is 250 g/mol. The Morgan fingerprint density at radius 3 is 2.32 bits per heavy atom. The fraction of sp³-hybridized carbons (Fsp3) is 0.250. The van der Waals surface area contributed by atoms with Gasteiger partial charge in [-0.2, -0.15) is 0 Å². The summed E-state index contributed by atoms with van der Waals surface area (Å²) in [7, 11) is 0. The van der Waals surface area contributed by atoms with Gasteiger partial charge in [0.15, 0.2) is 0 Å². The molecule has 1 aromatic carbocycles. The minimum absolute atomic E-state index is 0.0123. The highest BCUT2D eigenvalue weighted by Gasteiger charge is 2.40. The highest BCUT2D eigenvalue weighted by atomic mass is 16.7. The van der Waals surface area contributed by atoms with E-state index in [2.05, 4.69) is 9.81 Å². The number of hydrogen-bond donors (Lipinski definition) is 0. The Bertz CT molecular complexity index is 548. The lowest BCUT2D eigenvalue weighted by Gasteiger charge is -2.11. The molecule has 2 amide bonds. The maximum absolute atomic E-state index is 11.8. The third kappa shape index (κ3) is 2.57. The molecule has 96 valence electrons. The highest BCUT2D eigenvalue weighted by molar-refractivity contribution is 6.01. The number of benzene rings is 1. The van der Waals surface area contributed by atoms with Gasteiger partial charge in [0, 0.05) is 12.8 Å². The Morgan fingerprint density at radius 2 is 1.79 bits per heavy atom. The minimum atomic E-state index is -1.29. The van der Waals surface area contributed by atoms with E-state index in [0.29, 0.717) is 10.6 Å². The van der Waals surface area contributed by atoms with Gasteiger partial charge in [-0.05, 0) is 0 Å². The van der Waals surface area contributed by atoms with Crippen LogP contribution < -0.4 is 0 Å². The van der Waals surface area contributed by atoms with Gasteiger partial charge in [-0.15, -0.1) is 5.06 Å². The minimum Gasteiger partial charge on any atom is -0.322 e. The third-order valence-corrected chi connectivity index (χ3v) is 2.64. The predicted molar refractivity (Wildman–Crippen MR) is 61.4 cm³/mol. The van der Waals surface area contributed by atoms with Gasteiger partial charge in [-0.1, -0.05) is 30.3 Å².